The molecule has 9 aromatic carbocycles. The Labute approximate surface area is 303 Å². The summed E-state index contributed by atoms with van der Waals surface area (Å²) in [6.45, 7) is 0. The summed E-state index contributed by atoms with van der Waals surface area (Å²) in [5.41, 5.74) is 16.2. The first kappa shape index (κ1) is 29.1. The fourth-order valence-electron chi connectivity index (χ4n) is 9.21. The van der Waals surface area contributed by atoms with E-state index < -0.39 is 5.41 Å². The van der Waals surface area contributed by atoms with Gasteiger partial charge in [-0.1, -0.05) is 152 Å². The molecule has 2 aliphatic carbocycles. The lowest BCUT2D eigenvalue weighted by Gasteiger charge is -2.31. The van der Waals surface area contributed by atoms with E-state index in [1.165, 1.54) is 82.9 Å². The van der Waals surface area contributed by atoms with E-state index in [1.807, 2.05) is 0 Å². The molecule has 0 aromatic heterocycles. The molecule has 0 bridgehead atoms. The van der Waals surface area contributed by atoms with Crippen LogP contribution in [0, 0.1) is 0 Å². The number of nitrogens with zero attached hydrogens (tertiary/aromatic N) is 1. The van der Waals surface area contributed by atoms with Crippen LogP contribution in [0.1, 0.15) is 22.3 Å². The Hall–Kier alpha value is -6.70. The summed E-state index contributed by atoms with van der Waals surface area (Å²) in [6.07, 6.45) is 0. The zero-order chi connectivity index (χ0) is 34.2. The smallest absolute Gasteiger partial charge is 0.0725 e. The first-order valence-electron chi connectivity index (χ1n) is 18.1. The molecular weight excluding hydrogens is 627 g/mol. The predicted octanol–water partition coefficient (Wildman–Crippen LogP) is 13.5. The van der Waals surface area contributed by atoms with Crippen molar-refractivity contribution in [2.45, 2.75) is 5.41 Å². The second-order valence-electron chi connectivity index (χ2n) is 14.1. The van der Waals surface area contributed by atoms with Crippen molar-refractivity contribution in [2.24, 2.45) is 0 Å². The topological polar surface area (TPSA) is 3.24 Å². The van der Waals surface area contributed by atoms with Crippen molar-refractivity contribution in [3.05, 3.63) is 222 Å². The molecule has 0 unspecified atom stereocenters. The van der Waals surface area contributed by atoms with Crippen LogP contribution >= 0.6 is 0 Å². The van der Waals surface area contributed by atoms with Crippen molar-refractivity contribution >= 4 is 38.6 Å². The number of hydrogen-bond acceptors (Lipinski definition) is 1. The van der Waals surface area contributed by atoms with Gasteiger partial charge in [0.05, 0.1) is 11.1 Å². The molecule has 1 nitrogen and oxygen atoms in total. The van der Waals surface area contributed by atoms with E-state index in [-0.39, 0.29) is 0 Å². The highest BCUT2D eigenvalue weighted by atomic mass is 15.1. The number of fused-ring (bicyclic) bond motifs is 12. The Morgan fingerprint density at radius 2 is 0.846 bits per heavy atom. The molecule has 0 radical (unpaired) electrons. The minimum atomic E-state index is -0.393. The van der Waals surface area contributed by atoms with E-state index in [2.05, 4.69) is 205 Å². The van der Waals surface area contributed by atoms with Crippen molar-refractivity contribution in [1.82, 2.24) is 0 Å². The molecule has 1 spiro atoms. The van der Waals surface area contributed by atoms with Crippen molar-refractivity contribution in [3.63, 3.8) is 0 Å². The van der Waals surface area contributed by atoms with Gasteiger partial charge in [0.1, 0.15) is 0 Å². The Bertz CT molecular complexity index is 2800. The highest BCUT2D eigenvalue weighted by Crippen LogP contribution is 2.63. The molecule has 11 rings (SSSR count). The molecule has 0 aliphatic heterocycles. The van der Waals surface area contributed by atoms with Gasteiger partial charge in [-0.15, -0.1) is 0 Å². The van der Waals surface area contributed by atoms with E-state index >= 15 is 0 Å². The summed E-state index contributed by atoms with van der Waals surface area (Å²) in [5.74, 6) is 0. The average Bonchev–Trinajstić information content (AvgIpc) is 3.67. The molecule has 0 saturated heterocycles. The quantitative estimate of drug-likeness (QED) is 0.182. The number of para-hydroxylation sites is 1. The van der Waals surface area contributed by atoms with E-state index in [1.54, 1.807) is 0 Å². The molecule has 0 atom stereocenters. The second kappa shape index (κ2) is 11.2. The van der Waals surface area contributed by atoms with Crippen LogP contribution in [-0.2, 0) is 5.41 Å². The van der Waals surface area contributed by atoms with Gasteiger partial charge in [0, 0.05) is 16.8 Å². The highest BCUT2D eigenvalue weighted by molar-refractivity contribution is 6.01. The third kappa shape index (κ3) is 4.05. The Kier molecular flexibility index (Phi) is 6.23. The largest absolute Gasteiger partial charge is 0.310 e. The normalized spacial score (nSPS) is 13.2. The van der Waals surface area contributed by atoms with Gasteiger partial charge in [0.15, 0.2) is 0 Å². The zero-order valence-electron chi connectivity index (χ0n) is 28.5. The highest BCUT2D eigenvalue weighted by Gasteiger charge is 2.51. The summed E-state index contributed by atoms with van der Waals surface area (Å²) in [5, 5.41) is 5.01. The van der Waals surface area contributed by atoms with E-state index in [4.69, 9.17) is 0 Å². The van der Waals surface area contributed by atoms with E-state index in [9.17, 15) is 0 Å². The first-order valence-corrected chi connectivity index (χ1v) is 18.1. The number of anilines is 3. The fraction of sp³-hybridized carbons (Fsp3) is 0.0196. The third-order valence-electron chi connectivity index (χ3n) is 11.4. The maximum Gasteiger partial charge on any atom is 0.0725 e. The van der Waals surface area contributed by atoms with Crippen LogP contribution in [0.4, 0.5) is 17.1 Å². The summed E-state index contributed by atoms with van der Waals surface area (Å²) in [7, 11) is 0. The molecule has 0 saturated carbocycles. The maximum absolute atomic E-state index is 2.48. The molecule has 2 aliphatic rings. The number of rotatable bonds is 4. The van der Waals surface area contributed by atoms with Crippen LogP contribution in [-0.4, -0.2) is 0 Å². The lowest BCUT2D eigenvalue weighted by molar-refractivity contribution is 0.795. The van der Waals surface area contributed by atoms with Crippen molar-refractivity contribution in [1.29, 1.82) is 0 Å². The minimum Gasteiger partial charge on any atom is -0.310 e. The lowest BCUT2D eigenvalue weighted by Crippen LogP contribution is -2.25. The van der Waals surface area contributed by atoms with Gasteiger partial charge in [-0.05, 0) is 120 Å². The first-order chi connectivity index (χ1) is 25.8. The van der Waals surface area contributed by atoms with Crippen molar-refractivity contribution in [2.75, 3.05) is 4.90 Å². The van der Waals surface area contributed by atoms with Crippen molar-refractivity contribution < 1.29 is 0 Å². The van der Waals surface area contributed by atoms with E-state index in [0.717, 1.165) is 11.4 Å². The predicted molar refractivity (Wildman–Crippen MR) is 218 cm³/mol. The molecule has 52 heavy (non-hydrogen) atoms. The molecule has 0 N–H and O–H groups in total. The Morgan fingerprint density at radius 1 is 0.308 bits per heavy atom. The van der Waals surface area contributed by atoms with Crippen LogP contribution in [0.25, 0.3) is 54.9 Å². The molecule has 1 heteroatoms. The van der Waals surface area contributed by atoms with Gasteiger partial charge < -0.3 is 4.90 Å². The maximum atomic E-state index is 2.48. The van der Waals surface area contributed by atoms with Gasteiger partial charge in [-0.2, -0.15) is 0 Å². The monoisotopic (exact) mass is 659 g/mol. The zero-order valence-corrected chi connectivity index (χ0v) is 28.5. The number of benzene rings is 9. The van der Waals surface area contributed by atoms with E-state index in [0.29, 0.717) is 0 Å². The molecule has 0 amide bonds. The van der Waals surface area contributed by atoms with Crippen LogP contribution in [0.15, 0.2) is 200 Å². The van der Waals surface area contributed by atoms with Crippen LogP contribution in [0.5, 0.6) is 0 Å². The molecule has 242 valence electrons. The van der Waals surface area contributed by atoms with Crippen LogP contribution in [0.3, 0.4) is 0 Å². The van der Waals surface area contributed by atoms with Gasteiger partial charge in [0.25, 0.3) is 0 Å². The van der Waals surface area contributed by atoms with Crippen molar-refractivity contribution in [3.8, 4) is 33.4 Å². The molecule has 0 heterocycles. The summed E-state index contributed by atoms with van der Waals surface area (Å²) in [6, 6.07) is 74.0. The molecular formula is C51H33N. The van der Waals surface area contributed by atoms with Gasteiger partial charge in [-0.25, -0.2) is 0 Å². The summed E-state index contributed by atoms with van der Waals surface area (Å²) >= 11 is 0. The summed E-state index contributed by atoms with van der Waals surface area (Å²) < 4.78 is 0. The number of hydrogen-bond donors (Lipinski definition) is 0. The Balaban J connectivity index is 1.10. The average molecular weight is 660 g/mol. The van der Waals surface area contributed by atoms with Crippen LogP contribution < -0.4 is 4.90 Å². The fourth-order valence-corrected chi connectivity index (χ4v) is 9.21. The van der Waals surface area contributed by atoms with Gasteiger partial charge in [-0.3, -0.25) is 0 Å². The Morgan fingerprint density at radius 3 is 1.60 bits per heavy atom. The molecule has 9 aromatic rings. The molecule has 0 fully saturated rings. The minimum absolute atomic E-state index is 0.393. The van der Waals surface area contributed by atoms with Gasteiger partial charge >= 0.3 is 0 Å². The van der Waals surface area contributed by atoms with Crippen LogP contribution in [0.2, 0.25) is 0 Å². The SMILES string of the molecule is c1ccc(N(c2ccc(-c3ccc4c(c3)C3(c5ccccc5-c5ccccc53)c3cc5ccccc5cc3-4)cc2)c2cccc3ccccc23)cc1. The van der Waals surface area contributed by atoms with Gasteiger partial charge in [0.2, 0.25) is 0 Å². The summed E-state index contributed by atoms with van der Waals surface area (Å²) in [4.78, 5) is 2.37. The third-order valence-corrected chi connectivity index (χ3v) is 11.4. The standard InChI is InChI=1S/C51H33N/c1-2-17-39(18-3-1)52(50-24-12-16-35-13-6-7-19-41(35)50)40-28-25-34(26-29-40)38-27-30-44-45-31-36-14-4-5-15-37(36)32-49(45)51(48(44)33-38)46-22-10-8-20-42(46)43-21-9-11-23-47(43)51/h1-33H. The second-order valence-corrected chi connectivity index (χ2v) is 14.1. The lowest BCUT2D eigenvalue weighted by atomic mass is 9.70.